The molecule has 112 valence electrons. The van der Waals surface area contributed by atoms with Crippen molar-refractivity contribution >= 4 is 0 Å². The Balaban J connectivity index is 2.34. The number of rotatable bonds is 6. The van der Waals surface area contributed by atoms with Crippen LogP contribution in [0.5, 0.6) is 5.75 Å². The van der Waals surface area contributed by atoms with E-state index in [0.29, 0.717) is 12.2 Å². The fraction of sp³-hybridized carbons (Fsp3) is 0.412. The van der Waals surface area contributed by atoms with Crippen LogP contribution in [-0.2, 0) is 6.42 Å². The summed E-state index contributed by atoms with van der Waals surface area (Å²) in [5, 5.41) is 0. The molecule has 0 spiro atoms. The van der Waals surface area contributed by atoms with E-state index in [9.17, 15) is 4.79 Å². The quantitative estimate of drug-likeness (QED) is 0.884. The van der Waals surface area contributed by atoms with Gasteiger partial charge < -0.3 is 9.72 Å². The minimum absolute atomic E-state index is 0.0604. The first kappa shape index (κ1) is 15.3. The lowest BCUT2D eigenvalue weighted by Gasteiger charge is -2.09. The van der Waals surface area contributed by atoms with E-state index >= 15 is 0 Å². The molecule has 4 nitrogen and oxygen atoms in total. The SMILES string of the molecule is CCCOc1ccc(-c2nc(CCC)[nH]c(=O)c2C)cc1. The zero-order chi connectivity index (χ0) is 15.2. The van der Waals surface area contributed by atoms with E-state index in [4.69, 9.17) is 4.74 Å². The van der Waals surface area contributed by atoms with Gasteiger partial charge in [-0.1, -0.05) is 13.8 Å². The van der Waals surface area contributed by atoms with Crippen LogP contribution in [0.2, 0.25) is 0 Å². The highest BCUT2D eigenvalue weighted by atomic mass is 16.5. The third-order valence-corrected chi connectivity index (χ3v) is 3.29. The zero-order valence-corrected chi connectivity index (χ0v) is 12.9. The van der Waals surface area contributed by atoms with Crippen LogP contribution in [0.25, 0.3) is 11.3 Å². The van der Waals surface area contributed by atoms with E-state index < -0.39 is 0 Å². The van der Waals surface area contributed by atoms with E-state index in [-0.39, 0.29) is 5.56 Å². The summed E-state index contributed by atoms with van der Waals surface area (Å²) in [5.41, 5.74) is 2.29. The fourth-order valence-electron chi connectivity index (χ4n) is 2.14. The summed E-state index contributed by atoms with van der Waals surface area (Å²) in [4.78, 5) is 19.4. The average molecular weight is 286 g/mol. The average Bonchev–Trinajstić information content (AvgIpc) is 2.49. The first-order valence-corrected chi connectivity index (χ1v) is 7.48. The van der Waals surface area contributed by atoms with E-state index in [2.05, 4.69) is 23.8 Å². The Kier molecular flexibility index (Phi) is 5.14. The van der Waals surface area contributed by atoms with E-state index in [0.717, 1.165) is 42.1 Å². The normalized spacial score (nSPS) is 10.6. The topological polar surface area (TPSA) is 55.0 Å². The molecule has 0 unspecified atom stereocenters. The Bertz CT molecular complexity index is 645. The van der Waals surface area contributed by atoms with Crippen LogP contribution in [0.4, 0.5) is 0 Å². The second kappa shape index (κ2) is 7.07. The van der Waals surface area contributed by atoms with Crippen molar-refractivity contribution in [3.63, 3.8) is 0 Å². The Labute approximate surface area is 125 Å². The van der Waals surface area contributed by atoms with Gasteiger partial charge in [-0.3, -0.25) is 4.79 Å². The molecule has 1 N–H and O–H groups in total. The molecule has 0 aliphatic rings. The predicted molar refractivity (Wildman–Crippen MR) is 84.8 cm³/mol. The summed E-state index contributed by atoms with van der Waals surface area (Å²) in [6.07, 6.45) is 2.71. The highest BCUT2D eigenvalue weighted by molar-refractivity contribution is 5.63. The van der Waals surface area contributed by atoms with Gasteiger partial charge in [0.2, 0.25) is 0 Å². The van der Waals surface area contributed by atoms with Crippen molar-refractivity contribution in [3.05, 3.63) is 46.0 Å². The Hall–Kier alpha value is -2.10. The highest BCUT2D eigenvalue weighted by Crippen LogP contribution is 2.22. The predicted octanol–water partition coefficient (Wildman–Crippen LogP) is 3.49. The molecule has 2 rings (SSSR count). The Morgan fingerprint density at radius 2 is 1.86 bits per heavy atom. The molecule has 0 amide bonds. The van der Waals surface area contributed by atoms with Gasteiger partial charge in [0.25, 0.3) is 5.56 Å². The highest BCUT2D eigenvalue weighted by Gasteiger charge is 2.09. The summed E-state index contributed by atoms with van der Waals surface area (Å²) in [5.74, 6) is 1.59. The van der Waals surface area contributed by atoms with Gasteiger partial charge >= 0.3 is 0 Å². The van der Waals surface area contributed by atoms with Crippen LogP contribution in [-0.4, -0.2) is 16.6 Å². The van der Waals surface area contributed by atoms with E-state index in [1.165, 1.54) is 0 Å². The molecule has 21 heavy (non-hydrogen) atoms. The molecule has 0 fully saturated rings. The first-order chi connectivity index (χ1) is 10.2. The van der Waals surface area contributed by atoms with Crippen LogP contribution >= 0.6 is 0 Å². The number of aromatic nitrogens is 2. The Morgan fingerprint density at radius 1 is 1.14 bits per heavy atom. The fourth-order valence-corrected chi connectivity index (χ4v) is 2.14. The van der Waals surface area contributed by atoms with Crippen molar-refractivity contribution < 1.29 is 4.74 Å². The third kappa shape index (κ3) is 3.72. The number of aryl methyl sites for hydroxylation is 1. The second-order valence-electron chi connectivity index (χ2n) is 5.11. The maximum atomic E-state index is 12.0. The van der Waals surface area contributed by atoms with Crippen molar-refractivity contribution in [2.45, 2.75) is 40.0 Å². The van der Waals surface area contributed by atoms with Crippen LogP contribution in [0.15, 0.2) is 29.1 Å². The number of hydrogen-bond donors (Lipinski definition) is 1. The van der Waals surface area contributed by atoms with Crippen molar-refractivity contribution in [1.82, 2.24) is 9.97 Å². The molecule has 1 heterocycles. The molecule has 4 heteroatoms. The summed E-state index contributed by atoms with van der Waals surface area (Å²) in [7, 11) is 0. The number of hydrogen-bond acceptors (Lipinski definition) is 3. The number of H-pyrrole nitrogens is 1. The van der Waals surface area contributed by atoms with E-state index in [1.54, 1.807) is 6.92 Å². The standard InChI is InChI=1S/C17H22N2O2/c1-4-6-15-18-16(12(3)17(20)19-15)13-7-9-14(10-8-13)21-11-5-2/h7-10H,4-6,11H2,1-3H3,(H,18,19,20). The van der Waals surface area contributed by atoms with Gasteiger partial charge in [-0.15, -0.1) is 0 Å². The largest absolute Gasteiger partial charge is 0.494 e. The van der Waals surface area contributed by atoms with Crippen molar-refractivity contribution in [2.24, 2.45) is 0 Å². The number of nitrogens with one attached hydrogen (secondary N) is 1. The first-order valence-electron chi connectivity index (χ1n) is 7.48. The van der Waals surface area contributed by atoms with E-state index in [1.807, 2.05) is 24.3 Å². The molecule has 1 aromatic carbocycles. The smallest absolute Gasteiger partial charge is 0.254 e. The second-order valence-corrected chi connectivity index (χ2v) is 5.11. The van der Waals surface area contributed by atoms with Gasteiger partial charge in [0.1, 0.15) is 11.6 Å². The molecule has 0 aliphatic heterocycles. The van der Waals surface area contributed by atoms with Crippen molar-refractivity contribution in [3.8, 4) is 17.0 Å². The zero-order valence-electron chi connectivity index (χ0n) is 12.9. The van der Waals surface area contributed by atoms with Gasteiger partial charge in [-0.05, 0) is 44.0 Å². The van der Waals surface area contributed by atoms with Crippen LogP contribution in [0, 0.1) is 6.92 Å². The number of nitrogens with zero attached hydrogens (tertiary/aromatic N) is 1. The molecule has 0 saturated heterocycles. The molecule has 0 saturated carbocycles. The monoisotopic (exact) mass is 286 g/mol. The molecule has 2 aromatic rings. The lowest BCUT2D eigenvalue weighted by Crippen LogP contribution is -2.16. The van der Waals surface area contributed by atoms with Gasteiger partial charge in [0, 0.05) is 17.5 Å². The van der Waals surface area contributed by atoms with Gasteiger partial charge in [-0.2, -0.15) is 0 Å². The summed E-state index contributed by atoms with van der Waals surface area (Å²) >= 11 is 0. The summed E-state index contributed by atoms with van der Waals surface area (Å²) in [6, 6.07) is 7.75. The van der Waals surface area contributed by atoms with Crippen LogP contribution < -0.4 is 10.3 Å². The third-order valence-electron chi connectivity index (χ3n) is 3.29. The number of ether oxygens (including phenoxy) is 1. The molecular weight excluding hydrogens is 264 g/mol. The summed E-state index contributed by atoms with van der Waals surface area (Å²) < 4.78 is 5.57. The van der Waals surface area contributed by atoms with Gasteiger partial charge in [0.15, 0.2) is 0 Å². The van der Waals surface area contributed by atoms with Gasteiger partial charge in [0.05, 0.1) is 12.3 Å². The van der Waals surface area contributed by atoms with Crippen LogP contribution in [0.3, 0.4) is 0 Å². The number of aromatic amines is 1. The summed E-state index contributed by atoms with van der Waals surface area (Å²) in [6.45, 7) is 6.66. The molecular formula is C17H22N2O2. The molecule has 1 aromatic heterocycles. The molecule has 0 radical (unpaired) electrons. The lowest BCUT2D eigenvalue weighted by molar-refractivity contribution is 0.317. The van der Waals surface area contributed by atoms with Crippen molar-refractivity contribution in [1.29, 1.82) is 0 Å². The Morgan fingerprint density at radius 3 is 2.48 bits per heavy atom. The minimum Gasteiger partial charge on any atom is -0.494 e. The van der Waals surface area contributed by atoms with Crippen LogP contribution in [0.1, 0.15) is 38.1 Å². The minimum atomic E-state index is -0.0604. The molecule has 0 bridgehead atoms. The van der Waals surface area contributed by atoms with Gasteiger partial charge in [-0.25, -0.2) is 4.98 Å². The molecule has 0 aliphatic carbocycles. The maximum Gasteiger partial charge on any atom is 0.254 e. The maximum absolute atomic E-state index is 12.0. The number of benzene rings is 1. The van der Waals surface area contributed by atoms with Crippen molar-refractivity contribution in [2.75, 3.05) is 6.61 Å². The lowest BCUT2D eigenvalue weighted by atomic mass is 10.1. The molecule has 0 atom stereocenters.